The normalized spacial score (nSPS) is 24.7. The van der Waals surface area contributed by atoms with Gasteiger partial charge in [0.05, 0.1) is 0 Å². The van der Waals surface area contributed by atoms with Crippen molar-refractivity contribution in [2.45, 2.75) is 70.8 Å². The first kappa shape index (κ1) is 17.6. The standard InChI is InChI=1S/C23H32N2O/c1-16(2)19(20-15-24-21-11-5-4-10-18(20)21)14-23(26)25-13-7-9-17-8-3-6-12-22(17)25/h4-5,10-11,15-17,19,22,24H,3,6-9,12-14H2,1-2H3. The molecular weight excluding hydrogens is 320 g/mol. The summed E-state index contributed by atoms with van der Waals surface area (Å²) < 4.78 is 0. The monoisotopic (exact) mass is 352 g/mol. The molecule has 2 heterocycles. The fourth-order valence-corrected chi connectivity index (χ4v) is 5.35. The van der Waals surface area contributed by atoms with Crippen molar-refractivity contribution in [1.29, 1.82) is 0 Å². The number of nitrogens with one attached hydrogen (secondary N) is 1. The molecule has 3 atom stereocenters. The molecule has 26 heavy (non-hydrogen) atoms. The first-order valence-corrected chi connectivity index (χ1v) is 10.5. The van der Waals surface area contributed by atoms with E-state index < -0.39 is 0 Å². The van der Waals surface area contributed by atoms with Gasteiger partial charge in [0.15, 0.2) is 0 Å². The minimum atomic E-state index is 0.280. The number of hydrogen-bond acceptors (Lipinski definition) is 1. The first-order chi connectivity index (χ1) is 12.6. The number of benzene rings is 1. The van der Waals surface area contributed by atoms with Crippen LogP contribution in [0.4, 0.5) is 0 Å². The van der Waals surface area contributed by atoms with Gasteiger partial charge in [0, 0.05) is 36.1 Å². The lowest BCUT2D eigenvalue weighted by atomic mass is 9.77. The summed E-state index contributed by atoms with van der Waals surface area (Å²) in [5.74, 6) is 1.87. The molecular formula is C23H32N2O. The highest BCUT2D eigenvalue weighted by atomic mass is 16.2. The maximum Gasteiger partial charge on any atom is 0.223 e. The fraction of sp³-hybridized carbons (Fsp3) is 0.609. The average Bonchev–Trinajstić information content (AvgIpc) is 3.09. The van der Waals surface area contributed by atoms with Gasteiger partial charge in [-0.15, -0.1) is 0 Å². The third kappa shape index (κ3) is 3.28. The van der Waals surface area contributed by atoms with E-state index in [1.54, 1.807) is 0 Å². The van der Waals surface area contributed by atoms with Crippen molar-refractivity contribution < 1.29 is 4.79 Å². The number of carbonyl (C=O) groups is 1. The van der Waals surface area contributed by atoms with Crippen molar-refractivity contribution in [3.8, 4) is 0 Å². The number of para-hydroxylation sites is 1. The predicted octanol–water partition coefficient (Wildman–Crippen LogP) is 5.48. The zero-order valence-corrected chi connectivity index (χ0v) is 16.2. The zero-order chi connectivity index (χ0) is 18.1. The largest absolute Gasteiger partial charge is 0.361 e. The van der Waals surface area contributed by atoms with Crippen molar-refractivity contribution in [3.05, 3.63) is 36.0 Å². The number of amides is 1. The summed E-state index contributed by atoms with van der Waals surface area (Å²) in [4.78, 5) is 19.0. The first-order valence-electron chi connectivity index (χ1n) is 10.5. The second-order valence-electron chi connectivity index (χ2n) is 8.69. The van der Waals surface area contributed by atoms with E-state index in [0.717, 1.165) is 12.5 Å². The molecule has 1 saturated heterocycles. The summed E-state index contributed by atoms with van der Waals surface area (Å²) in [6.45, 7) is 5.47. The molecule has 2 fully saturated rings. The summed E-state index contributed by atoms with van der Waals surface area (Å²) in [6.07, 6.45) is 10.5. The molecule has 1 saturated carbocycles. The number of aromatic amines is 1. The van der Waals surface area contributed by atoms with Gasteiger partial charge in [-0.25, -0.2) is 0 Å². The van der Waals surface area contributed by atoms with E-state index in [0.29, 0.717) is 24.3 Å². The van der Waals surface area contributed by atoms with Crippen LogP contribution in [-0.2, 0) is 4.79 Å². The number of fused-ring (bicyclic) bond motifs is 2. The molecule has 1 aromatic carbocycles. The molecule has 1 N–H and O–H groups in total. The molecule has 1 aliphatic carbocycles. The Bertz CT molecular complexity index is 760. The average molecular weight is 353 g/mol. The molecule has 1 amide bonds. The number of piperidine rings is 1. The van der Waals surface area contributed by atoms with Gasteiger partial charge in [-0.1, -0.05) is 44.9 Å². The highest BCUT2D eigenvalue weighted by Gasteiger charge is 2.36. The van der Waals surface area contributed by atoms with Gasteiger partial charge in [0.2, 0.25) is 5.91 Å². The van der Waals surface area contributed by atoms with E-state index in [-0.39, 0.29) is 5.92 Å². The number of nitrogens with zero attached hydrogens (tertiary/aromatic N) is 1. The quantitative estimate of drug-likeness (QED) is 0.777. The summed E-state index contributed by atoms with van der Waals surface area (Å²) in [5, 5.41) is 1.27. The molecule has 0 spiro atoms. The van der Waals surface area contributed by atoms with Gasteiger partial charge in [0.1, 0.15) is 0 Å². The van der Waals surface area contributed by atoms with Crippen LogP contribution in [0.25, 0.3) is 10.9 Å². The smallest absolute Gasteiger partial charge is 0.223 e. The van der Waals surface area contributed by atoms with Gasteiger partial charge in [-0.2, -0.15) is 0 Å². The third-order valence-electron chi connectivity index (χ3n) is 6.78. The molecule has 1 aromatic heterocycles. The van der Waals surface area contributed by atoms with E-state index in [9.17, 15) is 4.79 Å². The third-order valence-corrected chi connectivity index (χ3v) is 6.78. The van der Waals surface area contributed by atoms with Crippen molar-refractivity contribution in [2.75, 3.05) is 6.54 Å². The molecule has 0 bridgehead atoms. The molecule has 3 nitrogen and oxygen atoms in total. The van der Waals surface area contributed by atoms with E-state index >= 15 is 0 Å². The Morgan fingerprint density at radius 1 is 1.15 bits per heavy atom. The number of hydrogen-bond donors (Lipinski definition) is 1. The number of likely N-dealkylation sites (tertiary alicyclic amines) is 1. The maximum absolute atomic E-state index is 13.3. The van der Waals surface area contributed by atoms with Crippen LogP contribution in [0.1, 0.15) is 70.3 Å². The number of aromatic nitrogens is 1. The highest BCUT2D eigenvalue weighted by molar-refractivity contribution is 5.85. The summed E-state index contributed by atoms with van der Waals surface area (Å²) >= 11 is 0. The minimum Gasteiger partial charge on any atom is -0.361 e. The van der Waals surface area contributed by atoms with Gasteiger partial charge in [-0.3, -0.25) is 4.79 Å². The molecule has 2 aliphatic rings. The van der Waals surface area contributed by atoms with E-state index in [2.05, 4.69) is 54.2 Å². The van der Waals surface area contributed by atoms with Crippen molar-refractivity contribution >= 4 is 16.8 Å². The second-order valence-corrected chi connectivity index (χ2v) is 8.69. The van der Waals surface area contributed by atoms with Crippen molar-refractivity contribution in [1.82, 2.24) is 9.88 Å². The van der Waals surface area contributed by atoms with E-state index in [1.807, 2.05) is 0 Å². The van der Waals surface area contributed by atoms with Crippen LogP contribution >= 0.6 is 0 Å². The molecule has 2 aromatic rings. The van der Waals surface area contributed by atoms with Crippen LogP contribution in [-0.4, -0.2) is 28.4 Å². The number of rotatable bonds is 4. The Labute approximate surface area is 157 Å². The molecule has 3 heteroatoms. The van der Waals surface area contributed by atoms with Crippen LogP contribution in [0.2, 0.25) is 0 Å². The number of carbonyl (C=O) groups excluding carboxylic acids is 1. The lowest BCUT2D eigenvalue weighted by Gasteiger charge is -2.44. The Morgan fingerprint density at radius 2 is 1.92 bits per heavy atom. The Balaban J connectivity index is 1.55. The van der Waals surface area contributed by atoms with Gasteiger partial charge >= 0.3 is 0 Å². The molecule has 3 unspecified atom stereocenters. The fourth-order valence-electron chi connectivity index (χ4n) is 5.35. The molecule has 1 aliphatic heterocycles. The van der Waals surface area contributed by atoms with Crippen molar-refractivity contribution in [2.24, 2.45) is 11.8 Å². The summed E-state index contributed by atoms with van der Waals surface area (Å²) in [6, 6.07) is 8.97. The SMILES string of the molecule is CC(C)C(CC(=O)N1CCCC2CCCCC21)c1c[nH]c2ccccc12. The number of H-pyrrole nitrogens is 1. The maximum atomic E-state index is 13.3. The van der Waals surface area contributed by atoms with Crippen LogP contribution in [0.15, 0.2) is 30.5 Å². The minimum absolute atomic E-state index is 0.280. The highest BCUT2D eigenvalue weighted by Crippen LogP contribution is 2.38. The molecule has 0 radical (unpaired) electrons. The summed E-state index contributed by atoms with van der Waals surface area (Å²) in [7, 11) is 0. The predicted molar refractivity (Wildman–Crippen MR) is 107 cm³/mol. The van der Waals surface area contributed by atoms with Gasteiger partial charge in [0.25, 0.3) is 0 Å². The Kier molecular flexibility index (Phi) is 5.06. The summed E-state index contributed by atoms with van der Waals surface area (Å²) in [5.41, 5.74) is 2.48. The van der Waals surface area contributed by atoms with Crippen LogP contribution in [0.3, 0.4) is 0 Å². The van der Waals surface area contributed by atoms with E-state index in [4.69, 9.17) is 0 Å². The van der Waals surface area contributed by atoms with E-state index in [1.165, 1.54) is 55.0 Å². The zero-order valence-electron chi connectivity index (χ0n) is 16.2. The van der Waals surface area contributed by atoms with Gasteiger partial charge in [-0.05, 0) is 55.1 Å². The molecule has 140 valence electrons. The Hall–Kier alpha value is -1.77. The second kappa shape index (κ2) is 7.46. The molecule has 4 rings (SSSR count). The van der Waals surface area contributed by atoms with Crippen LogP contribution in [0, 0.1) is 11.8 Å². The van der Waals surface area contributed by atoms with Crippen LogP contribution in [0.5, 0.6) is 0 Å². The van der Waals surface area contributed by atoms with Crippen molar-refractivity contribution in [3.63, 3.8) is 0 Å². The lowest BCUT2D eigenvalue weighted by molar-refractivity contribution is -0.138. The van der Waals surface area contributed by atoms with Crippen LogP contribution < -0.4 is 0 Å². The Morgan fingerprint density at radius 3 is 2.77 bits per heavy atom. The van der Waals surface area contributed by atoms with Gasteiger partial charge < -0.3 is 9.88 Å². The lowest BCUT2D eigenvalue weighted by Crippen LogP contribution is -2.50. The topological polar surface area (TPSA) is 36.1 Å².